The molecule has 2 N–H and O–H groups in total. The Kier molecular flexibility index (Phi) is 12.2. The van der Waals surface area contributed by atoms with E-state index in [-0.39, 0.29) is 40.8 Å². The molecular weight excluding hydrogens is 379 g/mol. The Balaban J connectivity index is -0.000000451. The zero-order valence-electron chi connectivity index (χ0n) is 20.5. The van der Waals surface area contributed by atoms with Crippen LogP contribution in [0.2, 0.25) is 0 Å². The number of rotatable bonds is 8. The fourth-order valence-corrected chi connectivity index (χ4v) is 2.35. The van der Waals surface area contributed by atoms with Crippen LogP contribution in [0.15, 0.2) is 24.3 Å². The molecule has 0 bridgehead atoms. The monoisotopic (exact) mass is 418 g/mol. The summed E-state index contributed by atoms with van der Waals surface area (Å²) in [6.07, 6.45) is 0. The fraction of sp³-hybridized carbons (Fsp3) is 0.652. The van der Waals surface area contributed by atoms with Crippen LogP contribution in [-0.4, -0.2) is 27.9 Å². The molecule has 0 saturated carbocycles. The van der Waals surface area contributed by atoms with Gasteiger partial charge in [-0.3, -0.25) is 14.4 Å². The molecule has 162 valence electrons. The number of carboxylic acids is 2. The molecular formula is C23H39NaO5. The van der Waals surface area contributed by atoms with Crippen LogP contribution < -0.4 is 29.6 Å². The summed E-state index contributed by atoms with van der Waals surface area (Å²) in [5, 5.41) is 18.2. The van der Waals surface area contributed by atoms with Gasteiger partial charge in [-0.05, 0) is 40.2 Å². The molecule has 6 heteroatoms. The summed E-state index contributed by atoms with van der Waals surface area (Å²) >= 11 is 0. The molecule has 0 saturated heterocycles. The molecule has 0 radical (unpaired) electrons. The molecule has 0 amide bonds. The van der Waals surface area contributed by atoms with Crippen LogP contribution in [0.5, 0.6) is 0 Å². The molecule has 5 nitrogen and oxygen atoms in total. The van der Waals surface area contributed by atoms with Crippen molar-refractivity contribution in [2.75, 3.05) is 0 Å². The predicted octanol–water partition coefficient (Wildman–Crippen LogP) is 2.57. The van der Waals surface area contributed by atoms with Gasteiger partial charge >= 0.3 is 41.5 Å². The molecule has 0 aromatic rings. The minimum absolute atomic E-state index is 0. The Labute approximate surface area is 199 Å². The number of allylic oxidation sites excluding steroid dienone is 2. The standard InChI is InChI=1S/C12H21O2.C11H18O3.Na/c1-8(2)9(3)11(4,5)12(6,7)10(13)14;1-7(2)8(12)10(3,4)11(5,6)9(13)14;/h1H2,2-7H3,(H,13,14);1H2,2-6H3,(H,13,14);/q-1;;+1. The van der Waals surface area contributed by atoms with Gasteiger partial charge in [0, 0.05) is 5.41 Å². The Morgan fingerprint density at radius 3 is 1.24 bits per heavy atom. The number of hydrogen-bond acceptors (Lipinski definition) is 3. The maximum atomic E-state index is 11.8. The largest absolute Gasteiger partial charge is 1.00 e. The first-order valence-corrected chi connectivity index (χ1v) is 9.27. The van der Waals surface area contributed by atoms with E-state index in [2.05, 4.69) is 13.2 Å². The van der Waals surface area contributed by atoms with Gasteiger partial charge in [0.1, 0.15) is 0 Å². The summed E-state index contributed by atoms with van der Waals surface area (Å²) in [5.74, 6) is -0.907. The number of carbonyl (C=O) groups is 3. The third-order valence-electron chi connectivity index (χ3n) is 6.73. The zero-order valence-corrected chi connectivity index (χ0v) is 22.5. The number of carboxylic acid groups (broad SMARTS) is 2. The van der Waals surface area contributed by atoms with E-state index in [0.29, 0.717) is 5.57 Å². The molecule has 0 rings (SSSR count). The van der Waals surface area contributed by atoms with Gasteiger partial charge in [0.05, 0.1) is 10.8 Å². The maximum absolute atomic E-state index is 11.8. The first kappa shape index (κ1) is 32.6. The van der Waals surface area contributed by atoms with Gasteiger partial charge in [-0.25, -0.2) is 18.1 Å². The second-order valence-electron chi connectivity index (χ2n) is 9.63. The Morgan fingerprint density at radius 2 is 1.03 bits per heavy atom. The van der Waals surface area contributed by atoms with Crippen LogP contribution in [-0.2, 0) is 14.4 Å². The Hall–Kier alpha value is -1.04. The Bertz CT molecular complexity index is 654. The second-order valence-corrected chi connectivity index (χ2v) is 9.63. The van der Waals surface area contributed by atoms with E-state index in [9.17, 15) is 14.4 Å². The molecule has 0 aliphatic carbocycles. The van der Waals surface area contributed by atoms with Crippen LogP contribution in [0.3, 0.4) is 0 Å². The minimum atomic E-state index is -1.09. The number of Topliss-reactive ketones (excluding diaryl/α,β-unsaturated/α-hetero) is 1. The van der Waals surface area contributed by atoms with Crippen LogP contribution in [0.4, 0.5) is 0 Å². The summed E-state index contributed by atoms with van der Waals surface area (Å²) < 4.78 is 0. The average Bonchev–Trinajstić information content (AvgIpc) is 2.52. The maximum Gasteiger partial charge on any atom is 1.00 e. The van der Waals surface area contributed by atoms with Crippen molar-refractivity contribution in [2.45, 2.75) is 76.2 Å². The van der Waals surface area contributed by atoms with Gasteiger partial charge in [0.25, 0.3) is 0 Å². The van der Waals surface area contributed by atoms with Crippen molar-refractivity contribution in [3.8, 4) is 0 Å². The number of hydrogen-bond donors (Lipinski definition) is 2. The smallest absolute Gasteiger partial charge is 0.481 e. The van der Waals surface area contributed by atoms with E-state index in [1.807, 2.05) is 27.7 Å². The van der Waals surface area contributed by atoms with Crippen LogP contribution in [0.25, 0.3) is 0 Å². The predicted molar refractivity (Wildman–Crippen MR) is 114 cm³/mol. The Morgan fingerprint density at radius 1 is 0.724 bits per heavy atom. The molecule has 0 aliphatic heterocycles. The summed E-state index contributed by atoms with van der Waals surface area (Å²) in [6, 6.07) is 0. The third-order valence-corrected chi connectivity index (χ3v) is 6.73. The molecule has 0 aromatic carbocycles. The molecule has 0 aliphatic rings. The summed E-state index contributed by atoms with van der Waals surface area (Å²) in [4.78, 5) is 33.9. The van der Waals surface area contributed by atoms with Gasteiger partial charge in [-0.2, -0.15) is 0 Å². The van der Waals surface area contributed by atoms with Crippen molar-refractivity contribution < 1.29 is 54.2 Å². The number of ketones is 1. The molecule has 29 heavy (non-hydrogen) atoms. The summed E-state index contributed by atoms with van der Waals surface area (Å²) in [6.45, 7) is 26.7. The second kappa shape index (κ2) is 10.8. The van der Waals surface area contributed by atoms with Crippen molar-refractivity contribution in [3.63, 3.8) is 0 Å². The number of aliphatic carboxylic acids is 2. The van der Waals surface area contributed by atoms with Gasteiger partial charge in [0.2, 0.25) is 0 Å². The van der Waals surface area contributed by atoms with Crippen molar-refractivity contribution in [2.24, 2.45) is 21.7 Å². The van der Waals surface area contributed by atoms with Gasteiger partial charge in [0.15, 0.2) is 5.78 Å². The summed E-state index contributed by atoms with van der Waals surface area (Å²) in [7, 11) is 0. The van der Waals surface area contributed by atoms with Crippen LogP contribution in [0, 0.1) is 27.6 Å². The number of carbonyl (C=O) groups excluding carboxylic acids is 1. The van der Waals surface area contributed by atoms with Crippen molar-refractivity contribution in [1.29, 1.82) is 0 Å². The molecule has 0 atom stereocenters. The normalized spacial score (nSPS) is 12.0. The van der Waals surface area contributed by atoms with E-state index in [1.54, 1.807) is 48.5 Å². The van der Waals surface area contributed by atoms with Crippen LogP contribution in [0.1, 0.15) is 76.2 Å². The average molecular weight is 419 g/mol. The molecule has 0 spiro atoms. The van der Waals surface area contributed by atoms with E-state index >= 15 is 0 Å². The molecule has 0 aromatic heterocycles. The minimum Gasteiger partial charge on any atom is -0.481 e. The van der Waals surface area contributed by atoms with Crippen molar-refractivity contribution in [3.05, 3.63) is 30.2 Å². The molecule has 0 unspecified atom stereocenters. The topological polar surface area (TPSA) is 91.7 Å². The quantitative estimate of drug-likeness (QED) is 0.359. The third kappa shape index (κ3) is 7.01. The van der Waals surface area contributed by atoms with Crippen molar-refractivity contribution in [1.82, 2.24) is 0 Å². The van der Waals surface area contributed by atoms with E-state index < -0.39 is 28.2 Å². The van der Waals surface area contributed by atoms with E-state index in [4.69, 9.17) is 10.2 Å². The zero-order chi connectivity index (χ0) is 23.5. The first-order chi connectivity index (χ1) is 12.1. The molecule has 0 fully saturated rings. The summed E-state index contributed by atoms with van der Waals surface area (Å²) in [5.41, 5.74) is -1.86. The fourth-order valence-electron chi connectivity index (χ4n) is 2.35. The first-order valence-electron chi connectivity index (χ1n) is 9.27. The van der Waals surface area contributed by atoms with Gasteiger partial charge in [-0.1, -0.05) is 46.6 Å². The van der Waals surface area contributed by atoms with E-state index in [0.717, 1.165) is 11.5 Å². The van der Waals surface area contributed by atoms with Crippen molar-refractivity contribution >= 4 is 17.7 Å². The molecule has 0 heterocycles. The van der Waals surface area contributed by atoms with E-state index in [1.165, 1.54) is 0 Å². The SMILES string of the molecule is C=C(C)C(=O)C(C)(C)C(C)(C)C(=O)O.C=C(C)[C-](C)C(C)(C)C(C)(C)C(=O)O.[Na+]. The van der Waals surface area contributed by atoms with Crippen LogP contribution >= 0.6 is 0 Å². The van der Waals surface area contributed by atoms with Gasteiger partial charge in [-0.15, -0.1) is 6.92 Å². The van der Waals surface area contributed by atoms with Gasteiger partial charge < -0.3 is 10.2 Å².